The molecule has 0 unspecified atom stereocenters. The maximum absolute atomic E-state index is 12.9. The van der Waals surface area contributed by atoms with Crippen molar-refractivity contribution in [3.8, 4) is 11.5 Å². The molecule has 2 aromatic heterocycles. The number of benzene rings is 2. The molecule has 5 nitrogen and oxygen atoms in total. The van der Waals surface area contributed by atoms with Gasteiger partial charge in [0.2, 0.25) is 5.91 Å². The number of hydrogen-bond donors (Lipinski definition) is 0. The van der Waals surface area contributed by atoms with Crippen molar-refractivity contribution in [1.82, 2.24) is 19.2 Å². The van der Waals surface area contributed by atoms with Gasteiger partial charge < -0.3 is 9.47 Å². The molecule has 4 aromatic rings. The van der Waals surface area contributed by atoms with E-state index in [1.165, 1.54) is 11.1 Å². The van der Waals surface area contributed by atoms with Crippen LogP contribution in [0.5, 0.6) is 0 Å². The zero-order valence-electron chi connectivity index (χ0n) is 17.4. The smallest absolute Gasteiger partial charge is 0.233 e. The molecule has 3 heterocycles. The highest BCUT2D eigenvalue weighted by atomic mass is 32.2. The van der Waals surface area contributed by atoms with Gasteiger partial charge in [0.1, 0.15) is 5.82 Å². The largest absolute Gasteiger partial charge is 0.331 e. The predicted octanol–water partition coefficient (Wildman–Crippen LogP) is 4.75. The average molecular weight is 429 g/mol. The highest BCUT2D eigenvalue weighted by Gasteiger charge is 2.31. The molecular formula is C25H24N4OS. The second-order valence-electron chi connectivity index (χ2n) is 7.81. The summed E-state index contributed by atoms with van der Waals surface area (Å²) in [6.07, 6.45) is 4.06. The molecule has 0 saturated carbocycles. The van der Waals surface area contributed by atoms with Crippen LogP contribution in [0.25, 0.3) is 11.5 Å². The Morgan fingerprint density at radius 2 is 1.71 bits per heavy atom. The SMILES string of the molecule is Cc1ccc(-n2nc3c(c2-n2cccc2)CN(C(=O)CSCc2ccccc2)C3)cc1. The number of rotatable bonds is 6. The minimum absolute atomic E-state index is 0.166. The lowest BCUT2D eigenvalue weighted by Gasteiger charge is -2.17. The molecule has 6 heteroatoms. The number of thioether (sulfide) groups is 1. The van der Waals surface area contributed by atoms with Crippen LogP contribution in [-0.2, 0) is 23.6 Å². The van der Waals surface area contributed by atoms with Crippen molar-refractivity contribution in [2.45, 2.75) is 25.8 Å². The maximum Gasteiger partial charge on any atom is 0.233 e. The molecule has 0 aliphatic carbocycles. The van der Waals surface area contributed by atoms with Gasteiger partial charge in [-0.2, -0.15) is 5.10 Å². The first-order valence-corrected chi connectivity index (χ1v) is 11.5. The van der Waals surface area contributed by atoms with E-state index in [2.05, 4.69) is 47.9 Å². The Hall–Kier alpha value is -3.25. The number of aromatic nitrogens is 3. The number of carbonyl (C=O) groups excluding carboxylic acids is 1. The summed E-state index contributed by atoms with van der Waals surface area (Å²) >= 11 is 1.66. The Kier molecular flexibility index (Phi) is 5.38. The number of amides is 1. The van der Waals surface area contributed by atoms with Crippen LogP contribution in [0, 0.1) is 6.92 Å². The fourth-order valence-electron chi connectivity index (χ4n) is 3.91. The number of nitrogens with zero attached hydrogens (tertiary/aromatic N) is 4. The summed E-state index contributed by atoms with van der Waals surface area (Å²) in [5.41, 5.74) is 5.59. The molecule has 0 saturated heterocycles. The second-order valence-corrected chi connectivity index (χ2v) is 8.80. The van der Waals surface area contributed by atoms with Crippen LogP contribution in [0.1, 0.15) is 22.4 Å². The minimum atomic E-state index is 0.166. The molecule has 5 rings (SSSR count). The third-order valence-electron chi connectivity index (χ3n) is 5.55. The maximum atomic E-state index is 12.9. The molecule has 0 fully saturated rings. The molecule has 1 amide bonds. The molecule has 0 N–H and O–H groups in total. The summed E-state index contributed by atoms with van der Waals surface area (Å²) in [5, 5.41) is 4.90. The van der Waals surface area contributed by atoms with E-state index in [0.29, 0.717) is 18.8 Å². The Labute approximate surface area is 186 Å². The fourth-order valence-corrected chi connectivity index (χ4v) is 4.79. The number of carbonyl (C=O) groups is 1. The summed E-state index contributed by atoms with van der Waals surface area (Å²) in [7, 11) is 0. The van der Waals surface area contributed by atoms with E-state index in [4.69, 9.17) is 5.10 Å². The summed E-state index contributed by atoms with van der Waals surface area (Å²) < 4.78 is 4.08. The van der Waals surface area contributed by atoms with Crippen molar-refractivity contribution in [2.75, 3.05) is 5.75 Å². The second kappa shape index (κ2) is 8.47. The van der Waals surface area contributed by atoms with E-state index in [1.54, 1.807) is 11.8 Å². The van der Waals surface area contributed by atoms with Crippen LogP contribution >= 0.6 is 11.8 Å². The van der Waals surface area contributed by atoms with Gasteiger partial charge in [-0.3, -0.25) is 4.79 Å². The van der Waals surface area contributed by atoms with Gasteiger partial charge in [-0.1, -0.05) is 48.0 Å². The molecule has 0 radical (unpaired) electrons. The van der Waals surface area contributed by atoms with Crippen molar-refractivity contribution in [1.29, 1.82) is 0 Å². The monoisotopic (exact) mass is 428 g/mol. The fraction of sp³-hybridized carbons (Fsp3) is 0.200. The van der Waals surface area contributed by atoms with Gasteiger partial charge in [-0.25, -0.2) is 4.68 Å². The van der Waals surface area contributed by atoms with Crippen LogP contribution in [0.15, 0.2) is 79.1 Å². The van der Waals surface area contributed by atoms with Gasteiger partial charge in [0.05, 0.1) is 30.2 Å². The van der Waals surface area contributed by atoms with Gasteiger partial charge in [0, 0.05) is 23.7 Å². The summed E-state index contributed by atoms with van der Waals surface area (Å²) in [6.45, 7) is 3.24. The van der Waals surface area contributed by atoms with Crippen molar-refractivity contribution in [2.24, 2.45) is 0 Å². The van der Waals surface area contributed by atoms with Crippen LogP contribution in [-0.4, -0.2) is 30.9 Å². The Bertz CT molecular complexity index is 1180. The summed E-state index contributed by atoms with van der Waals surface area (Å²) in [4.78, 5) is 14.8. The minimum Gasteiger partial charge on any atom is -0.331 e. The van der Waals surface area contributed by atoms with Gasteiger partial charge in [-0.05, 0) is 36.8 Å². The first-order valence-electron chi connectivity index (χ1n) is 10.4. The first kappa shape index (κ1) is 19.7. The topological polar surface area (TPSA) is 43.1 Å². The highest BCUT2D eigenvalue weighted by Crippen LogP contribution is 2.31. The van der Waals surface area contributed by atoms with Crippen molar-refractivity contribution in [3.05, 3.63) is 102 Å². The lowest BCUT2D eigenvalue weighted by molar-refractivity contribution is -0.128. The number of aryl methyl sites for hydroxylation is 1. The van der Waals surface area contributed by atoms with E-state index < -0.39 is 0 Å². The molecule has 1 aliphatic rings. The highest BCUT2D eigenvalue weighted by molar-refractivity contribution is 7.99. The molecular weight excluding hydrogens is 404 g/mol. The quantitative estimate of drug-likeness (QED) is 0.445. The standard InChI is InChI=1S/C25H24N4OS/c1-19-9-11-21(12-10-19)29-25(27-13-5-6-14-27)22-15-28(16-23(22)26-29)24(30)18-31-17-20-7-3-2-4-8-20/h2-14H,15-18H2,1H3. The molecule has 156 valence electrons. The lowest BCUT2D eigenvalue weighted by Crippen LogP contribution is -2.28. The van der Waals surface area contributed by atoms with Crippen LogP contribution in [0.2, 0.25) is 0 Å². The molecule has 0 spiro atoms. The third-order valence-corrected chi connectivity index (χ3v) is 6.54. The molecule has 1 aliphatic heterocycles. The van der Waals surface area contributed by atoms with Gasteiger partial charge in [-0.15, -0.1) is 11.8 Å². The molecule has 2 aromatic carbocycles. The van der Waals surface area contributed by atoms with Gasteiger partial charge >= 0.3 is 0 Å². The van der Waals surface area contributed by atoms with Crippen molar-refractivity contribution >= 4 is 17.7 Å². The van der Waals surface area contributed by atoms with E-state index in [0.717, 1.165) is 28.5 Å². The van der Waals surface area contributed by atoms with Gasteiger partial charge in [0.15, 0.2) is 0 Å². The van der Waals surface area contributed by atoms with Crippen LogP contribution in [0.3, 0.4) is 0 Å². The molecule has 0 bridgehead atoms. The van der Waals surface area contributed by atoms with E-state index in [1.807, 2.05) is 52.3 Å². The van der Waals surface area contributed by atoms with Gasteiger partial charge in [0.25, 0.3) is 0 Å². The molecule has 0 atom stereocenters. The predicted molar refractivity (Wildman–Crippen MR) is 124 cm³/mol. The first-order chi connectivity index (χ1) is 15.2. The van der Waals surface area contributed by atoms with E-state index in [-0.39, 0.29) is 5.91 Å². The van der Waals surface area contributed by atoms with Crippen molar-refractivity contribution in [3.63, 3.8) is 0 Å². The zero-order valence-corrected chi connectivity index (χ0v) is 18.3. The lowest BCUT2D eigenvalue weighted by atomic mass is 10.2. The summed E-state index contributed by atoms with van der Waals surface area (Å²) in [5.74, 6) is 2.51. The Morgan fingerprint density at radius 3 is 2.45 bits per heavy atom. The third kappa shape index (κ3) is 4.03. The number of hydrogen-bond acceptors (Lipinski definition) is 3. The van der Waals surface area contributed by atoms with E-state index >= 15 is 0 Å². The Balaban J connectivity index is 1.34. The van der Waals surface area contributed by atoms with E-state index in [9.17, 15) is 4.79 Å². The molecule has 31 heavy (non-hydrogen) atoms. The number of fused-ring (bicyclic) bond motifs is 1. The summed E-state index contributed by atoms with van der Waals surface area (Å²) in [6, 6.07) is 22.7. The average Bonchev–Trinajstić information content (AvgIpc) is 3.51. The Morgan fingerprint density at radius 1 is 0.968 bits per heavy atom. The normalized spacial score (nSPS) is 12.9. The van der Waals surface area contributed by atoms with Crippen LogP contribution in [0.4, 0.5) is 0 Å². The zero-order chi connectivity index (χ0) is 21.2. The van der Waals surface area contributed by atoms with Crippen LogP contribution < -0.4 is 0 Å². The van der Waals surface area contributed by atoms with Crippen molar-refractivity contribution < 1.29 is 4.79 Å².